The van der Waals surface area contributed by atoms with Gasteiger partial charge >= 0.3 is 12.1 Å². The Morgan fingerprint density at radius 2 is 1.88 bits per heavy atom. The molecule has 25 heavy (non-hydrogen) atoms. The van der Waals surface area contributed by atoms with Gasteiger partial charge in [-0.3, -0.25) is 0 Å². The third-order valence-electron chi connectivity index (χ3n) is 4.80. The van der Waals surface area contributed by atoms with Gasteiger partial charge in [0.2, 0.25) is 0 Å². The summed E-state index contributed by atoms with van der Waals surface area (Å²) in [6.45, 7) is 1.67. The zero-order valence-corrected chi connectivity index (χ0v) is 14.3. The van der Waals surface area contributed by atoms with Crippen molar-refractivity contribution < 1.29 is 18.4 Å². The Morgan fingerprint density at radius 3 is 2.56 bits per heavy atom. The van der Waals surface area contributed by atoms with Crippen LogP contribution < -0.4 is 5.32 Å². The average molecular weight is 352 g/mol. The van der Waals surface area contributed by atoms with E-state index in [1.165, 1.54) is 11.0 Å². The molecule has 0 saturated carbocycles. The number of benzene rings is 1. The van der Waals surface area contributed by atoms with Gasteiger partial charge in [-0.25, -0.2) is 18.4 Å². The summed E-state index contributed by atoms with van der Waals surface area (Å²) in [5.74, 6) is -1.74. The van der Waals surface area contributed by atoms with Gasteiger partial charge in [-0.05, 0) is 30.9 Å². The van der Waals surface area contributed by atoms with Crippen molar-refractivity contribution in [3.05, 3.63) is 29.8 Å². The number of carbonyl (C=O) groups is 2. The summed E-state index contributed by atoms with van der Waals surface area (Å²) in [4.78, 5) is 29.9. The van der Waals surface area contributed by atoms with Crippen LogP contribution in [0.2, 0.25) is 0 Å². The lowest BCUT2D eigenvalue weighted by molar-refractivity contribution is 0.149. The van der Waals surface area contributed by atoms with E-state index >= 15 is 0 Å². The summed E-state index contributed by atoms with van der Waals surface area (Å²) in [6.07, 6.45) is 1.80. The van der Waals surface area contributed by atoms with E-state index in [-0.39, 0.29) is 29.7 Å². The van der Waals surface area contributed by atoms with Gasteiger partial charge in [-0.2, -0.15) is 0 Å². The Balaban J connectivity index is 1.71. The van der Waals surface area contributed by atoms with Crippen LogP contribution >= 0.6 is 0 Å². The fraction of sp³-hybridized carbons (Fsp3) is 0.529. The monoisotopic (exact) mass is 352 g/mol. The highest BCUT2D eigenvalue weighted by molar-refractivity contribution is 5.89. The van der Waals surface area contributed by atoms with E-state index in [9.17, 15) is 18.4 Å². The third-order valence-corrected chi connectivity index (χ3v) is 4.80. The first kappa shape index (κ1) is 17.4. The zero-order valence-electron chi connectivity index (χ0n) is 14.3. The van der Waals surface area contributed by atoms with Crippen LogP contribution in [0.15, 0.2) is 18.2 Å². The maximum absolute atomic E-state index is 13.3. The van der Waals surface area contributed by atoms with Crippen LogP contribution in [-0.2, 0) is 0 Å². The lowest BCUT2D eigenvalue weighted by atomic mass is 9.95. The molecule has 0 aromatic heterocycles. The molecular weight excluding hydrogens is 330 g/mol. The number of rotatable bonds is 1. The van der Waals surface area contributed by atoms with Crippen LogP contribution in [0, 0.1) is 17.6 Å². The number of nitrogens with one attached hydrogen (secondary N) is 1. The quantitative estimate of drug-likeness (QED) is 0.845. The molecule has 8 heteroatoms. The minimum atomic E-state index is -1.00. The fourth-order valence-electron chi connectivity index (χ4n) is 3.54. The maximum Gasteiger partial charge on any atom is 0.322 e. The molecule has 0 radical (unpaired) electrons. The van der Waals surface area contributed by atoms with Crippen molar-refractivity contribution in [2.75, 3.05) is 39.0 Å². The second-order valence-corrected chi connectivity index (χ2v) is 6.89. The summed E-state index contributed by atoms with van der Waals surface area (Å²) >= 11 is 0. The highest BCUT2D eigenvalue weighted by Gasteiger charge is 2.39. The van der Waals surface area contributed by atoms with Gasteiger partial charge in [0.05, 0.1) is 6.04 Å². The molecule has 3 heterocycles. The second-order valence-electron chi connectivity index (χ2n) is 6.89. The van der Waals surface area contributed by atoms with Crippen LogP contribution in [0.1, 0.15) is 12.8 Å². The van der Waals surface area contributed by atoms with Crippen LogP contribution in [0.5, 0.6) is 0 Å². The van der Waals surface area contributed by atoms with Crippen molar-refractivity contribution in [3.8, 4) is 0 Å². The number of fused-ring (bicyclic) bond motifs is 4. The number of hydrogen-bond donors (Lipinski definition) is 1. The number of carbonyl (C=O) groups excluding carboxylic acids is 2. The van der Waals surface area contributed by atoms with Crippen molar-refractivity contribution in [1.82, 2.24) is 14.7 Å². The molecule has 0 aliphatic carbocycles. The van der Waals surface area contributed by atoms with Gasteiger partial charge in [0, 0.05) is 45.5 Å². The van der Waals surface area contributed by atoms with E-state index in [1.807, 2.05) is 0 Å². The standard InChI is InChI=1S/C17H22F2N4O2/c1-21(2)17(25)22-8-11-3-5-13(10-22)23(9-11)16(24)20-12-4-6-14(18)15(19)7-12/h4,6-7,11,13H,3,5,8-10H2,1-2H3,(H,20,24)/t11-,13+/m1/s1. The molecule has 0 spiro atoms. The van der Waals surface area contributed by atoms with E-state index in [4.69, 9.17) is 0 Å². The molecule has 3 aliphatic rings. The molecule has 4 amide bonds. The summed E-state index contributed by atoms with van der Waals surface area (Å²) in [7, 11) is 3.42. The van der Waals surface area contributed by atoms with Gasteiger partial charge in [-0.1, -0.05) is 0 Å². The number of nitrogens with zero attached hydrogens (tertiary/aromatic N) is 3. The van der Waals surface area contributed by atoms with Crippen molar-refractivity contribution in [3.63, 3.8) is 0 Å². The molecule has 136 valence electrons. The Labute approximate surface area is 145 Å². The van der Waals surface area contributed by atoms with E-state index < -0.39 is 11.6 Å². The van der Waals surface area contributed by atoms with Gasteiger partial charge in [0.25, 0.3) is 0 Å². The van der Waals surface area contributed by atoms with Crippen molar-refractivity contribution in [1.29, 1.82) is 0 Å². The summed E-state index contributed by atoms with van der Waals surface area (Å²) in [5.41, 5.74) is 0.213. The lowest BCUT2D eigenvalue weighted by Crippen LogP contribution is -2.50. The smallest absolute Gasteiger partial charge is 0.322 e. The molecule has 2 atom stereocenters. The fourth-order valence-corrected chi connectivity index (χ4v) is 3.54. The minimum absolute atomic E-state index is 0.0558. The predicted octanol–water partition coefficient (Wildman–Crippen LogP) is 2.57. The summed E-state index contributed by atoms with van der Waals surface area (Å²) in [5, 5.41) is 2.63. The first-order valence-corrected chi connectivity index (χ1v) is 8.34. The maximum atomic E-state index is 13.3. The Bertz CT molecular complexity index is 683. The van der Waals surface area contributed by atoms with E-state index in [0.29, 0.717) is 19.6 Å². The molecule has 1 aromatic rings. The summed E-state index contributed by atoms with van der Waals surface area (Å²) in [6, 6.07) is 2.80. The van der Waals surface area contributed by atoms with Crippen LogP contribution in [0.3, 0.4) is 0 Å². The average Bonchev–Trinajstić information content (AvgIpc) is 2.89. The molecular formula is C17H22F2N4O2. The van der Waals surface area contributed by atoms with E-state index in [0.717, 1.165) is 25.0 Å². The number of hydrogen-bond acceptors (Lipinski definition) is 2. The van der Waals surface area contributed by atoms with Crippen molar-refractivity contribution >= 4 is 17.7 Å². The van der Waals surface area contributed by atoms with Gasteiger partial charge < -0.3 is 20.0 Å². The number of piperidine rings is 1. The number of halogens is 2. The van der Waals surface area contributed by atoms with Crippen LogP contribution in [0.25, 0.3) is 0 Å². The first-order valence-electron chi connectivity index (χ1n) is 8.34. The molecule has 3 saturated heterocycles. The Morgan fingerprint density at radius 1 is 1.12 bits per heavy atom. The zero-order chi connectivity index (χ0) is 18.1. The topological polar surface area (TPSA) is 55.9 Å². The van der Waals surface area contributed by atoms with Gasteiger partial charge in [0.1, 0.15) is 0 Å². The number of urea groups is 2. The van der Waals surface area contributed by atoms with E-state index in [1.54, 1.807) is 23.9 Å². The first-order chi connectivity index (χ1) is 11.8. The lowest BCUT2D eigenvalue weighted by Gasteiger charge is -2.36. The van der Waals surface area contributed by atoms with Crippen LogP contribution in [-0.4, -0.2) is 66.5 Å². The van der Waals surface area contributed by atoms with Gasteiger partial charge in [-0.15, -0.1) is 0 Å². The minimum Gasteiger partial charge on any atom is -0.331 e. The summed E-state index contributed by atoms with van der Waals surface area (Å²) < 4.78 is 26.3. The van der Waals surface area contributed by atoms with E-state index in [2.05, 4.69) is 5.32 Å². The van der Waals surface area contributed by atoms with Crippen molar-refractivity contribution in [2.24, 2.45) is 5.92 Å². The number of amides is 4. The molecule has 3 aliphatic heterocycles. The molecule has 1 aromatic carbocycles. The highest BCUT2D eigenvalue weighted by Crippen LogP contribution is 2.29. The Hall–Kier alpha value is -2.38. The molecule has 3 fully saturated rings. The highest BCUT2D eigenvalue weighted by atomic mass is 19.2. The molecule has 0 unspecified atom stereocenters. The second kappa shape index (κ2) is 6.85. The normalized spacial score (nSPS) is 22.6. The Kier molecular flexibility index (Phi) is 4.78. The third kappa shape index (κ3) is 3.67. The SMILES string of the molecule is CN(C)C(=O)N1C[C@H]2CC[C@@H](C1)N(C(=O)Nc1ccc(F)c(F)c1)C2. The van der Waals surface area contributed by atoms with Crippen molar-refractivity contribution in [2.45, 2.75) is 18.9 Å². The van der Waals surface area contributed by atoms with Crippen LogP contribution in [0.4, 0.5) is 24.1 Å². The molecule has 6 nitrogen and oxygen atoms in total. The molecule has 2 bridgehead atoms. The molecule has 4 rings (SSSR count). The molecule has 1 N–H and O–H groups in total. The van der Waals surface area contributed by atoms with Gasteiger partial charge in [0.15, 0.2) is 11.6 Å². The predicted molar refractivity (Wildman–Crippen MR) is 89.3 cm³/mol. The largest absolute Gasteiger partial charge is 0.331 e. The number of anilines is 1.